The number of hydrogen-bond acceptors (Lipinski definition) is 5. The molecule has 22 heavy (non-hydrogen) atoms. The smallest absolute Gasteiger partial charge is 0.195 e. The molecule has 0 saturated carbocycles. The van der Waals surface area contributed by atoms with E-state index in [1.165, 1.54) is 11.8 Å². The minimum Gasteiger partial charge on any atom is -0.291 e. The molecule has 3 rings (SSSR count). The van der Waals surface area contributed by atoms with Gasteiger partial charge in [0.05, 0.1) is 5.56 Å². The van der Waals surface area contributed by atoms with Crippen molar-refractivity contribution in [2.24, 2.45) is 4.99 Å². The average molecular weight is 397 g/mol. The lowest BCUT2D eigenvalue weighted by Gasteiger charge is -2.21. The zero-order valence-electron chi connectivity index (χ0n) is 11.8. The van der Waals surface area contributed by atoms with Gasteiger partial charge in [-0.3, -0.25) is 9.79 Å². The highest BCUT2D eigenvalue weighted by Gasteiger charge is 2.33. The number of benzene rings is 1. The summed E-state index contributed by atoms with van der Waals surface area (Å²) in [5.41, 5.74) is 2.65. The van der Waals surface area contributed by atoms with Gasteiger partial charge in [0, 0.05) is 16.8 Å². The van der Waals surface area contributed by atoms with Gasteiger partial charge in [0.2, 0.25) is 0 Å². The molecule has 0 bridgehead atoms. The molecule has 112 valence electrons. The van der Waals surface area contributed by atoms with Crippen LogP contribution in [-0.2, 0) is 0 Å². The summed E-state index contributed by atoms with van der Waals surface area (Å²) in [5, 5.41) is 1.14. The van der Waals surface area contributed by atoms with E-state index in [9.17, 15) is 4.79 Å². The lowest BCUT2D eigenvalue weighted by Crippen LogP contribution is -2.23. The molecule has 0 saturated heterocycles. The molecule has 7 heteroatoms. The summed E-state index contributed by atoms with van der Waals surface area (Å²) in [6, 6.07) is 4.87. The van der Waals surface area contributed by atoms with Gasteiger partial charge in [0.15, 0.2) is 10.9 Å². The van der Waals surface area contributed by atoms with Crippen LogP contribution in [-0.4, -0.2) is 26.6 Å². The van der Waals surface area contributed by atoms with Crippen molar-refractivity contribution < 1.29 is 4.79 Å². The van der Waals surface area contributed by atoms with E-state index in [2.05, 4.69) is 30.9 Å². The predicted octanol–water partition coefficient (Wildman–Crippen LogP) is 4.24. The number of aryl methyl sites for hydroxylation is 1. The van der Waals surface area contributed by atoms with Crippen LogP contribution in [0.25, 0.3) is 0 Å². The molecule has 1 aromatic carbocycles. The molecule has 0 aliphatic carbocycles. The monoisotopic (exact) mass is 395 g/mol. The van der Waals surface area contributed by atoms with Crippen LogP contribution in [0.1, 0.15) is 33.2 Å². The van der Waals surface area contributed by atoms with E-state index in [4.69, 9.17) is 11.6 Å². The van der Waals surface area contributed by atoms with E-state index < -0.39 is 6.04 Å². The minimum absolute atomic E-state index is 0.137. The number of aliphatic imine (C=N–C) groups is 1. The summed E-state index contributed by atoms with van der Waals surface area (Å²) in [4.78, 5) is 25.8. The third-order valence-electron chi connectivity index (χ3n) is 3.45. The Balaban J connectivity index is 2.15. The number of fused-ring (bicyclic) bond motifs is 1. The first-order chi connectivity index (χ1) is 10.5. The second-order valence-electron chi connectivity index (χ2n) is 4.78. The van der Waals surface area contributed by atoms with Gasteiger partial charge < -0.3 is 0 Å². The fourth-order valence-electron chi connectivity index (χ4n) is 2.37. The Morgan fingerprint density at radius 1 is 1.36 bits per heavy atom. The van der Waals surface area contributed by atoms with Crippen LogP contribution >= 0.6 is 39.3 Å². The summed E-state index contributed by atoms with van der Waals surface area (Å²) < 4.78 is 0.545. The third kappa shape index (κ3) is 2.59. The molecule has 4 nitrogen and oxygen atoms in total. The predicted molar refractivity (Wildman–Crippen MR) is 92.5 cm³/mol. The van der Waals surface area contributed by atoms with Crippen molar-refractivity contribution in [3.63, 3.8) is 0 Å². The van der Waals surface area contributed by atoms with Gasteiger partial charge in [-0.05, 0) is 40.7 Å². The SMILES string of the molecule is CSc1ncc2c(n1)C(Br)=NC(c1c(C)cccc1Cl)C2=O. The maximum absolute atomic E-state index is 12.8. The van der Waals surface area contributed by atoms with Crippen LogP contribution in [0, 0.1) is 6.92 Å². The van der Waals surface area contributed by atoms with Crippen LogP contribution in [0.3, 0.4) is 0 Å². The largest absolute Gasteiger partial charge is 0.291 e. The number of carbonyl (C=O) groups is 1. The molecule has 1 aliphatic rings. The first-order valence-electron chi connectivity index (χ1n) is 6.47. The van der Waals surface area contributed by atoms with Gasteiger partial charge in [0.1, 0.15) is 16.4 Å². The molecule has 2 aromatic rings. The van der Waals surface area contributed by atoms with Gasteiger partial charge >= 0.3 is 0 Å². The molecular weight excluding hydrogens is 386 g/mol. The average Bonchev–Trinajstić information content (AvgIpc) is 2.51. The van der Waals surface area contributed by atoms with E-state index in [1.807, 2.05) is 25.3 Å². The molecule has 0 spiro atoms. The van der Waals surface area contributed by atoms with Gasteiger partial charge in [0.25, 0.3) is 0 Å². The lowest BCUT2D eigenvalue weighted by molar-refractivity contribution is 0.0959. The highest BCUT2D eigenvalue weighted by Crippen LogP contribution is 2.36. The van der Waals surface area contributed by atoms with Crippen LogP contribution in [0.4, 0.5) is 0 Å². The Hall–Kier alpha value is -1.24. The first-order valence-corrected chi connectivity index (χ1v) is 8.86. The van der Waals surface area contributed by atoms with Crippen LogP contribution in [0.15, 0.2) is 34.5 Å². The second kappa shape index (κ2) is 6.10. The summed E-state index contributed by atoms with van der Waals surface area (Å²) in [5.74, 6) is -0.137. The first kappa shape index (κ1) is 15.6. The number of Topliss-reactive ketones (excluding diaryl/α,β-unsaturated/α-hetero) is 1. The van der Waals surface area contributed by atoms with E-state index in [0.29, 0.717) is 26.1 Å². The van der Waals surface area contributed by atoms with Crippen molar-refractivity contribution in [3.8, 4) is 0 Å². The second-order valence-corrected chi connectivity index (χ2v) is 6.71. The standard InChI is InChI=1S/C15H11BrClN3OS/c1-7-4-3-5-9(17)10(7)12-13(21)8-6-18-15(22-2)20-11(8)14(16)19-12/h3-6,12H,1-2H3. The Labute approximate surface area is 145 Å². The number of thioether (sulfide) groups is 1. The highest BCUT2D eigenvalue weighted by molar-refractivity contribution is 9.18. The van der Waals surface area contributed by atoms with Gasteiger partial charge in [-0.1, -0.05) is 35.5 Å². The summed E-state index contributed by atoms with van der Waals surface area (Å²) in [6.45, 7) is 1.92. The third-order valence-corrected chi connectivity index (χ3v) is 4.92. The number of hydrogen-bond donors (Lipinski definition) is 0. The highest BCUT2D eigenvalue weighted by atomic mass is 79.9. The fraction of sp³-hybridized carbons (Fsp3) is 0.200. The normalized spacial score (nSPS) is 17.2. The van der Waals surface area contributed by atoms with Crippen molar-refractivity contribution in [1.29, 1.82) is 0 Å². The Bertz CT molecular complexity index is 789. The van der Waals surface area contributed by atoms with Crippen molar-refractivity contribution >= 4 is 49.7 Å². The number of aromatic nitrogens is 2. The topological polar surface area (TPSA) is 55.2 Å². The maximum atomic E-state index is 12.8. The van der Waals surface area contributed by atoms with Crippen LogP contribution < -0.4 is 0 Å². The number of halogens is 2. The fourth-order valence-corrected chi connectivity index (χ4v) is 3.54. The zero-order chi connectivity index (χ0) is 15.9. The van der Waals surface area contributed by atoms with E-state index in [0.717, 1.165) is 11.1 Å². The van der Waals surface area contributed by atoms with Gasteiger partial charge in [-0.15, -0.1) is 0 Å². The molecule has 1 atom stereocenters. The molecule has 0 radical (unpaired) electrons. The number of rotatable bonds is 2. The lowest BCUT2D eigenvalue weighted by atomic mass is 9.93. The van der Waals surface area contributed by atoms with Crippen molar-refractivity contribution in [3.05, 3.63) is 51.8 Å². The summed E-state index contributed by atoms with van der Waals surface area (Å²) in [6.07, 6.45) is 3.44. The van der Waals surface area contributed by atoms with Crippen molar-refractivity contribution in [2.75, 3.05) is 6.26 Å². The minimum atomic E-state index is -0.667. The van der Waals surface area contributed by atoms with Crippen LogP contribution in [0.2, 0.25) is 5.02 Å². The molecule has 1 aliphatic heterocycles. The van der Waals surface area contributed by atoms with Gasteiger partial charge in [-0.2, -0.15) is 0 Å². The number of nitrogens with zero attached hydrogens (tertiary/aromatic N) is 3. The number of ketones is 1. The Morgan fingerprint density at radius 3 is 2.82 bits per heavy atom. The van der Waals surface area contributed by atoms with Crippen molar-refractivity contribution in [2.45, 2.75) is 18.1 Å². The Kier molecular flexibility index (Phi) is 4.34. The van der Waals surface area contributed by atoms with E-state index in [-0.39, 0.29) is 5.78 Å². The summed E-state index contributed by atoms with van der Waals surface area (Å²) >= 11 is 11.1. The molecule has 1 aromatic heterocycles. The summed E-state index contributed by atoms with van der Waals surface area (Å²) in [7, 11) is 0. The molecule has 2 heterocycles. The van der Waals surface area contributed by atoms with Crippen molar-refractivity contribution in [1.82, 2.24) is 9.97 Å². The number of carbonyl (C=O) groups excluding carboxylic acids is 1. The maximum Gasteiger partial charge on any atom is 0.195 e. The van der Waals surface area contributed by atoms with Gasteiger partial charge in [-0.25, -0.2) is 9.97 Å². The molecule has 0 N–H and O–H groups in total. The van der Waals surface area contributed by atoms with Crippen LogP contribution in [0.5, 0.6) is 0 Å². The molecule has 0 fully saturated rings. The molecular formula is C15H11BrClN3OS. The molecule has 1 unspecified atom stereocenters. The quantitative estimate of drug-likeness (QED) is 0.563. The van der Waals surface area contributed by atoms with E-state index in [1.54, 1.807) is 12.3 Å². The zero-order valence-corrected chi connectivity index (χ0v) is 15.0. The Morgan fingerprint density at radius 2 is 2.14 bits per heavy atom. The molecule has 0 amide bonds. The van der Waals surface area contributed by atoms with E-state index >= 15 is 0 Å².